The Morgan fingerprint density at radius 1 is 0.889 bits per heavy atom. The van der Waals surface area contributed by atoms with E-state index in [1.165, 1.54) is 83.7 Å². The molecule has 0 heterocycles. The molecule has 18 heavy (non-hydrogen) atoms. The summed E-state index contributed by atoms with van der Waals surface area (Å²) < 4.78 is 0. The lowest BCUT2D eigenvalue weighted by molar-refractivity contribution is 0.152. The maximum absolute atomic E-state index is 5.67. The lowest BCUT2D eigenvalue weighted by atomic mass is 9.94. The van der Waals surface area contributed by atoms with Crippen LogP contribution < -0.4 is 5.73 Å². The van der Waals surface area contributed by atoms with Gasteiger partial charge in [0.15, 0.2) is 0 Å². The molecule has 0 amide bonds. The molecule has 1 saturated carbocycles. The molecule has 0 aromatic carbocycles. The summed E-state index contributed by atoms with van der Waals surface area (Å²) in [5.74, 6) is 0. The van der Waals surface area contributed by atoms with E-state index in [0.717, 1.165) is 12.6 Å². The van der Waals surface area contributed by atoms with Gasteiger partial charge in [0, 0.05) is 6.04 Å². The van der Waals surface area contributed by atoms with Crippen LogP contribution in [0.25, 0.3) is 0 Å². The van der Waals surface area contributed by atoms with E-state index in [2.05, 4.69) is 11.8 Å². The summed E-state index contributed by atoms with van der Waals surface area (Å²) >= 11 is 0. The molecule has 0 bridgehead atoms. The van der Waals surface area contributed by atoms with Crippen molar-refractivity contribution in [2.24, 2.45) is 5.73 Å². The zero-order valence-corrected chi connectivity index (χ0v) is 12.5. The molecule has 1 aliphatic carbocycles. The molecular formula is C16H34N2. The van der Waals surface area contributed by atoms with Crippen LogP contribution in [0.5, 0.6) is 0 Å². The van der Waals surface area contributed by atoms with Crippen molar-refractivity contribution in [2.75, 3.05) is 19.6 Å². The highest BCUT2D eigenvalue weighted by Crippen LogP contribution is 2.23. The van der Waals surface area contributed by atoms with Crippen LogP contribution in [0.15, 0.2) is 0 Å². The highest BCUT2D eigenvalue weighted by molar-refractivity contribution is 4.76. The maximum atomic E-state index is 5.67. The minimum Gasteiger partial charge on any atom is -0.330 e. The molecule has 0 aliphatic heterocycles. The van der Waals surface area contributed by atoms with Crippen molar-refractivity contribution >= 4 is 0 Å². The van der Waals surface area contributed by atoms with Gasteiger partial charge in [0.25, 0.3) is 0 Å². The van der Waals surface area contributed by atoms with Gasteiger partial charge in [-0.1, -0.05) is 51.9 Å². The molecule has 0 saturated heterocycles. The van der Waals surface area contributed by atoms with Gasteiger partial charge in [-0.2, -0.15) is 0 Å². The molecule has 2 N–H and O–H groups in total. The first-order chi connectivity index (χ1) is 8.88. The second kappa shape index (κ2) is 10.8. The van der Waals surface area contributed by atoms with E-state index in [9.17, 15) is 0 Å². The van der Waals surface area contributed by atoms with E-state index in [1.54, 1.807) is 0 Å². The fraction of sp³-hybridized carbons (Fsp3) is 1.00. The molecule has 2 nitrogen and oxygen atoms in total. The molecule has 1 fully saturated rings. The van der Waals surface area contributed by atoms with Gasteiger partial charge in [-0.25, -0.2) is 0 Å². The standard InChI is InChI=1S/C16H34N2/c1-2-3-4-5-9-14-18(15-10-13-17)16-11-7-6-8-12-16/h16H,2-15,17H2,1H3. The van der Waals surface area contributed by atoms with E-state index < -0.39 is 0 Å². The molecule has 0 unspecified atom stereocenters. The summed E-state index contributed by atoms with van der Waals surface area (Å²) in [6.45, 7) is 5.68. The van der Waals surface area contributed by atoms with Crippen molar-refractivity contribution in [3.8, 4) is 0 Å². The Bertz CT molecular complexity index is 176. The van der Waals surface area contributed by atoms with Crippen molar-refractivity contribution in [3.63, 3.8) is 0 Å². The second-order valence-corrected chi connectivity index (χ2v) is 5.88. The molecular weight excluding hydrogens is 220 g/mol. The fourth-order valence-corrected chi connectivity index (χ4v) is 3.14. The van der Waals surface area contributed by atoms with Crippen LogP contribution in [-0.4, -0.2) is 30.6 Å². The number of nitrogens with two attached hydrogens (primary N) is 1. The first-order valence-corrected chi connectivity index (χ1v) is 8.32. The minimum atomic E-state index is 0.846. The van der Waals surface area contributed by atoms with Crippen LogP contribution in [0.2, 0.25) is 0 Å². The number of nitrogens with zero attached hydrogens (tertiary/aromatic N) is 1. The van der Waals surface area contributed by atoms with Crippen LogP contribution in [-0.2, 0) is 0 Å². The summed E-state index contributed by atoms with van der Waals surface area (Å²) in [5.41, 5.74) is 5.67. The van der Waals surface area contributed by atoms with Gasteiger partial charge in [-0.15, -0.1) is 0 Å². The first-order valence-electron chi connectivity index (χ1n) is 8.32. The molecule has 1 rings (SSSR count). The normalized spacial score (nSPS) is 17.5. The Hall–Kier alpha value is -0.0800. The number of hydrogen-bond donors (Lipinski definition) is 1. The first kappa shape index (κ1) is 16.0. The molecule has 0 aromatic heterocycles. The van der Waals surface area contributed by atoms with Gasteiger partial charge in [0.05, 0.1) is 0 Å². The average Bonchev–Trinajstić information content (AvgIpc) is 2.43. The predicted octanol–water partition coefficient (Wildman–Crippen LogP) is 3.94. The van der Waals surface area contributed by atoms with Crippen LogP contribution in [0.4, 0.5) is 0 Å². The number of unbranched alkanes of at least 4 members (excludes halogenated alkanes) is 4. The summed E-state index contributed by atoms with van der Waals surface area (Å²) in [4.78, 5) is 2.75. The van der Waals surface area contributed by atoms with Gasteiger partial charge >= 0.3 is 0 Å². The minimum absolute atomic E-state index is 0.846. The van der Waals surface area contributed by atoms with Crippen LogP contribution in [0.1, 0.15) is 77.6 Å². The quantitative estimate of drug-likeness (QED) is 0.598. The number of hydrogen-bond acceptors (Lipinski definition) is 2. The van der Waals surface area contributed by atoms with E-state index in [4.69, 9.17) is 5.73 Å². The van der Waals surface area contributed by atoms with Crippen molar-refractivity contribution in [3.05, 3.63) is 0 Å². The Morgan fingerprint density at radius 2 is 1.56 bits per heavy atom. The van der Waals surface area contributed by atoms with Crippen LogP contribution >= 0.6 is 0 Å². The smallest absolute Gasteiger partial charge is 0.00952 e. The molecule has 108 valence electrons. The Morgan fingerprint density at radius 3 is 2.22 bits per heavy atom. The van der Waals surface area contributed by atoms with Crippen molar-refractivity contribution in [2.45, 2.75) is 83.6 Å². The molecule has 1 aliphatic rings. The Kier molecular flexibility index (Phi) is 9.59. The van der Waals surface area contributed by atoms with Crippen LogP contribution in [0.3, 0.4) is 0 Å². The predicted molar refractivity (Wildman–Crippen MR) is 80.9 cm³/mol. The van der Waals surface area contributed by atoms with Gasteiger partial charge in [0.1, 0.15) is 0 Å². The van der Waals surface area contributed by atoms with E-state index in [-0.39, 0.29) is 0 Å². The summed E-state index contributed by atoms with van der Waals surface area (Å²) in [6.07, 6.45) is 15.4. The molecule has 0 atom stereocenters. The molecule has 2 heteroatoms. The largest absolute Gasteiger partial charge is 0.330 e. The van der Waals surface area contributed by atoms with Gasteiger partial charge < -0.3 is 10.6 Å². The summed E-state index contributed by atoms with van der Waals surface area (Å²) in [7, 11) is 0. The Balaban J connectivity index is 2.21. The molecule has 0 spiro atoms. The third-order valence-corrected chi connectivity index (χ3v) is 4.29. The monoisotopic (exact) mass is 254 g/mol. The lowest BCUT2D eigenvalue weighted by Gasteiger charge is -2.34. The fourth-order valence-electron chi connectivity index (χ4n) is 3.14. The summed E-state index contributed by atoms with van der Waals surface area (Å²) in [5, 5.41) is 0. The molecule has 0 radical (unpaired) electrons. The third-order valence-electron chi connectivity index (χ3n) is 4.29. The maximum Gasteiger partial charge on any atom is 0.00952 e. The SMILES string of the molecule is CCCCCCCN(CCCN)C1CCCCC1. The van der Waals surface area contributed by atoms with Gasteiger partial charge in [-0.05, 0) is 45.3 Å². The zero-order chi connectivity index (χ0) is 13.1. The van der Waals surface area contributed by atoms with E-state index >= 15 is 0 Å². The van der Waals surface area contributed by atoms with Crippen LogP contribution in [0, 0.1) is 0 Å². The topological polar surface area (TPSA) is 29.3 Å². The average molecular weight is 254 g/mol. The van der Waals surface area contributed by atoms with Gasteiger partial charge in [-0.3, -0.25) is 0 Å². The third kappa shape index (κ3) is 6.75. The zero-order valence-electron chi connectivity index (χ0n) is 12.5. The summed E-state index contributed by atoms with van der Waals surface area (Å²) in [6, 6.07) is 0.872. The van der Waals surface area contributed by atoms with Crippen molar-refractivity contribution in [1.82, 2.24) is 4.90 Å². The van der Waals surface area contributed by atoms with Gasteiger partial charge in [0.2, 0.25) is 0 Å². The Labute approximate surface area is 114 Å². The highest BCUT2D eigenvalue weighted by atomic mass is 15.1. The lowest BCUT2D eigenvalue weighted by Crippen LogP contribution is -2.38. The van der Waals surface area contributed by atoms with Crippen molar-refractivity contribution < 1.29 is 0 Å². The van der Waals surface area contributed by atoms with E-state index in [0.29, 0.717) is 0 Å². The second-order valence-electron chi connectivity index (χ2n) is 5.88. The van der Waals surface area contributed by atoms with E-state index in [1.807, 2.05) is 0 Å². The number of rotatable bonds is 10. The highest BCUT2D eigenvalue weighted by Gasteiger charge is 2.19. The molecule has 0 aromatic rings. The van der Waals surface area contributed by atoms with Crippen molar-refractivity contribution in [1.29, 1.82) is 0 Å².